The lowest BCUT2D eigenvalue weighted by atomic mass is 10.1. The number of ether oxygens (including phenoxy) is 2. The van der Waals surface area contributed by atoms with Gasteiger partial charge in [-0.15, -0.1) is 0 Å². The second kappa shape index (κ2) is 12.5. The predicted octanol–water partition coefficient (Wildman–Crippen LogP) is 3.82. The van der Waals surface area contributed by atoms with Crippen LogP contribution in [0.2, 0.25) is 0 Å². The van der Waals surface area contributed by atoms with Crippen LogP contribution in [0.4, 0.5) is 5.69 Å². The lowest BCUT2D eigenvalue weighted by Gasteiger charge is -2.29. The van der Waals surface area contributed by atoms with Crippen molar-refractivity contribution in [2.24, 2.45) is 0 Å². The van der Waals surface area contributed by atoms with E-state index in [9.17, 15) is 0 Å². The Kier molecular flexibility index (Phi) is 10.6. The number of likely N-dealkylation sites (N-methyl/N-ethyl adjacent to an activating group) is 1. The van der Waals surface area contributed by atoms with E-state index in [1.807, 2.05) is 12.2 Å². The number of hydrogen-bond acceptors (Lipinski definition) is 4. The van der Waals surface area contributed by atoms with E-state index in [2.05, 4.69) is 57.0 Å². The van der Waals surface area contributed by atoms with Crippen LogP contribution in [0.1, 0.15) is 18.1 Å². The molecule has 0 aliphatic carbocycles. The Morgan fingerprint density at radius 3 is 2.54 bits per heavy atom. The number of aliphatic hydroxyl groups is 1. The Hall–Kier alpha value is -1.88. The van der Waals surface area contributed by atoms with Crippen LogP contribution in [0.3, 0.4) is 0 Å². The Morgan fingerprint density at radius 2 is 1.96 bits per heavy atom. The number of anilines is 1. The second-order valence-electron chi connectivity index (χ2n) is 6.11. The number of aliphatic hydroxyl groups excluding tert-OH is 1. The SMILES string of the molecule is C=C/C=C(\C=C)C(CN(CC)c1ccc(C)c(C)c1)OCCOCCO. The van der Waals surface area contributed by atoms with Crippen molar-refractivity contribution in [2.75, 3.05) is 44.4 Å². The van der Waals surface area contributed by atoms with E-state index in [0.29, 0.717) is 26.4 Å². The molecular formula is C22H33NO3. The maximum atomic E-state index is 8.78. The minimum Gasteiger partial charge on any atom is -0.394 e. The van der Waals surface area contributed by atoms with Gasteiger partial charge in [0.25, 0.3) is 0 Å². The molecular weight excluding hydrogens is 326 g/mol. The van der Waals surface area contributed by atoms with Gasteiger partial charge in [0.05, 0.1) is 26.4 Å². The van der Waals surface area contributed by atoms with E-state index < -0.39 is 0 Å². The van der Waals surface area contributed by atoms with E-state index in [1.54, 1.807) is 6.08 Å². The van der Waals surface area contributed by atoms with Crippen molar-refractivity contribution >= 4 is 5.69 Å². The van der Waals surface area contributed by atoms with Crippen LogP contribution in [0.5, 0.6) is 0 Å². The Balaban J connectivity index is 2.89. The van der Waals surface area contributed by atoms with Crippen molar-refractivity contribution in [1.82, 2.24) is 0 Å². The summed E-state index contributed by atoms with van der Waals surface area (Å²) in [6.45, 7) is 16.9. The monoisotopic (exact) mass is 359 g/mol. The van der Waals surface area contributed by atoms with Crippen molar-refractivity contribution < 1.29 is 14.6 Å². The van der Waals surface area contributed by atoms with Crippen LogP contribution in [0.25, 0.3) is 0 Å². The van der Waals surface area contributed by atoms with Crippen molar-refractivity contribution in [3.8, 4) is 0 Å². The number of benzene rings is 1. The second-order valence-corrected chi connectivity index (χ2v) is 6.11. The molecule has 4 nitrogen and oxygen atoms in total. The van der Waals surface area contributed by atoms with Crippen LogP contribution in [0.15, 0.2) is 55.2 Å². The van der Waals surface area contributed by atoms with Crippen molar-refractivity contribution in [2.45, 2.75) is 26.9 Å². The summed E-state index contributed by atoms with van der Waals surface area (Å²) in [4.78, 5) is 2.30. The van der Waals surface area contributed by atoms with E-state index in [0.717, 1.165) is 12.1 Å². The quantitative estimate of drug-likeness (QED) is 0.429. The molecule has 0 aromatic heterocycles. The predicted molar refractivity (Wildman–Crippen MR) is 110 cm³/mol. The van der Waals surface area contributed by atoms with Crippen molar-refractivity contribution in [3.05, 3.63) is 66.3 Å². The van der Waals surface area contributed by atoms with Crippen LogP contribution < -0.4 is 4.90 Å². The van der Waals surface area contributed by atoms with Crippen molar-refractivity contribution in [3.63, 3.8) is 0 Å². The molecule has 0 amide bonds. The smallest absolute Gasteiger partial charge is 0.100 e. The minimum atomic E-state index is -0.134. The Labute approximate surface area is 158 Å². The fourth-order valence-corrected chi connectivity index (χ4v) is 2.65. The maximum Gasteiger partial charge on any atom is 0.100 e. The van der Waals surface area contributed by atoms with Gasteiger partial charge in [0.15, 0.2) is 0 Å². The van der Waals surface area contributed by atoms with Crippen LogP contribution in [0, 0.1) is 13.8 Å². The first-order chi connectivity index (χ1) is 12.6. The number of allylic oxidation sites excluding steroid dienone is 2. The molecule has 0 saturated heterocycles. The van der Waals surface area contributed by atoms with Crippen molar-refractivity contribution in [1.29, 1.82) is 0 Å². The third-order valence-corrected chi connectivity index (χ3v) is 4.32. The molecule has 0 saturated carbocycles. The Bertz CT molecular complexity index is 595. The molecule has 26 heavy (non-hydrogen) atoms. The largest absolute Gasteiger partial charge is 0.394 e. The number of aryl methyl sites for hydroxylation is 2. The first-order valence-electron chi connectivity index (χ1n) is 9.14. The van der Waals surface area contributed by atoms with Gasteiger partial charge in [-0.1, -0.05) is 37.5 Å². The lowest BCUT2D eigenvalue weighted by molar-refractivity contribution is 0.0132. The Morgan fingerprint density at radius 1 is 1.19 bits per heavy atom. The molecule has 0 aliphatic rings. The summed E-state index contributed by atoms with van der Waals surface area (Å²) >= 11 is 0. The van der Waals surface area contributed by atoms with Crippen LogP contribution in [-0.2, 0) is 9.47 Å². The van der Waals surface area contributed by atoms with Gasteiger partial charge in [0.2, 0.25) is 0 Å². The first kappa shape index (κ1) is 22.2. The van der Waals surface area contributed by atoms with Gasteiger partial charge in [-0.25, -0.2) is 0 Å². The highest BCUT2D eigenvalue weighted by atomic mass is 16.5. The molecule has 0 radical (unpaired) electrons. The first-order valence-corrected chi connectivity index (χ1v) is 9.14. The highest BCUT2D eigenvalue weighted by Crippen LogP contribution is 2.21. The molecule has 0 spiro atoms. The summed E-state index contributed by atoms with van der Waals surface area (Å²) in [5, 5.41) is 8.78. The van der Waals surface area contributed by atoms with E-state index >= 15 is 0 Å². The van der Waals surface area contributed by atoms with E-state index in [4.69, 9.17) is 14.6 Å². The third kappa shape index (κ3) is 7.16. The molecule has 1 N–H and O–H groups in total. The fraction of sp³-hybridized carbons (Fsp3) is 0.455. The average molecular weight is 360 g/mol. The van der Waals surface area contributed by atoms with Gasteiger partial charge in [-0.3, -0.25) is 0 Å². The van der Waals surface area contributed by atoms with Gasteiger partial charge < -0.3 is 19.5 Å². The number of rotatable bonds is 13. The summed E-state index contributed by atoms with van der Waals surface area (Å²) in [6, 6.07) is 6.52. The lowest BCUT2D eigenvalue weighted by Crippen LogP contribution is -2.35. The topological polar surface area (TPSA) is 41.9 Å². The molecule has 0 heterocycles. The molecule has 4 heteroatoms. The highest BCUT2D eigenvalue weighted by Gasteiger charge is 2.17. The van der Waals surface area contributed by atoms with Gasteiger partial charge in [0.1, 0.15) is 6.10 Å². The molecule has 1 aromatic carbocycles. The summed E-state index contributed by atoms with van der Waals surface area (Å²) in [7, 11) is 0. The van der Waals surface area contributed by atoms with Gasteiger partial charge in [-0.2, -0.15) is 0 Å². The normalized spacial score (nSPS) is 12.7. The summed E-state index contributed by atoms with van der Waals surface area (Å²) in [5.74, 6) is 0. The average Bonchev–Trinajstić information content (AvgIpc) is 2.64. The van der Waals surface area contributed by atoms with E-state index in [1.165, 1.54) is 16.8 Å². The standard InChI is InChI=1S/C22H33NO3/c1-6-9-20(7-2)22(26-15-14-25-13-12-24)17-23(8-3)21-11-10-18(4)19(5)16-21/h6-7,9-11,16,22,24H,1-2,8,12-15,17H2,3-5H3/b20-9+. The highest BCUT2D eigenvalue weighted by molar-refractivity contribution is 5.51. The van der Waals surface area contributed by atoms with Gasteiger partial charge >= 0.3 is 0 Å². The molecule has 1 aromatic rings. The fourth-order valence-electron chi connectivity index (χ4n) is 2.65. The van der Waals surface area contributed by atoms with Crippen LogP contribution >= 0.6 is 0 Å². The summed E-state index contributed by atoms with van der Waals surface area (Å²) in [5.41, 5.74) is 4.74. The van der Waals surface area contributed by atoms with Gasteiger partial charge in [0, 0.05) is 18.8 Å². The maximum absolute atomic E-state index is 8.78. The number of nitrogens with zero attached hydrogens (tertiary/aromatic N) is 1. The van der Waals surface area contributed by atoms with Gasteiger partial charge in [-0.05, 0) is 49.6 Å². The zero-order chi connectivity index (χ0) is 19.4. The molecule has 0 bridgehead atoms. The number of hydrogen-bond donors (Lipinski definition) is 1. The summed E-state index contributed by atoms with van der Waals surface area (Å²) in [6.07, 6.45) is 5.36. The zero-order valence-corrected chi connectivity index (χ0v) is 16.4. The summed E-state index contributed by atoms with van der Waals surface area (Å²) < 4.78 is 11.4. The van der Waals surface area contributed by atoms with Crippen LogP contribution in [-0.4, -0.2) is 50.7 Å². The van der Waals surface area contributed by atoms with E-state index in [-0.39, 0.29) is 12.7 Å². The molecule has 1 unspecified atom stereocenters. The molecule has 0 aliphatic heterocycles. The molecule has 1 rings (SSSR count). The zero-order valence-electron chi connectivity index (χ0n) is 16.4. The molecule has 0 fully saturated rings. The molecule has 144 valence electrons. The molecule has 1 atom stereocenters. The minimum absolute atomic E-state index is 0.0219. The third-order valence-electron chi connectivity index (χ3n) is 4.32.